The van der Waals surface area contributed by atoms with E-state index in [-0.39, 0.29) is 45.9 Å². The summed E-state index contributed by atoms with van der Waals surface area (Å²) < 4.78 is 84.8. The first kappa shape index (κ1) is 25.5. The van der Waals surface area contributed by atoms with Crippen LogP contribution in [0.2, 0.25) is 0 Å². The van der Waals surface area contributed by atoms with Crippen molar-refractivity contribution in [3.05, 3.63) is 83.2 Å². The molecule has 1 aliphatic rings. The van der Waals surface area contributed by atoms with Crippen LogP contribution in [0, 0.1) is 18.2 Å². The molecule has 1 fully saturated rings. The van der Waals surface area contributed by atoms with Gasteiger partial charge in [-0.1, -0.05) is 24.3 Å². The maximum absolute atomic E-state index is 14.7. The minimum absolute atomic E-state index is 0.0701. The molecule has 0 aliphatic carbocycles. The van der Waals surface area contributed by atoms with Gasteiger partial charge in [-0.25, -0.2) is 28.0 Å². The lowest BCUT2D eigenvalue weighted by Crippen LogP contribution is -2.49. The summed E-state index contributed by atoms with van der Waals surface area (Å²) in [6, 6.07) is 9.89. The number of fused-ring (bicyclic) bond motifs is 1. The van der Waals surface area contributed by atoms with E-state index in [1.54, 1.807) is 4.90 Å². The number of anilines is 1. The third-order valence-corrected chi connectivity index (χ3v) is 6.51. The number of benzene rings is 3. The zero-order valence-electron chi connectivity index (χ0n) is 19.6. The van der Waals surface area contributed by atoms with Crippen molar-refractivity contribution in [3.63, 3.8) is 0 Å². The molecule has 0 spiro atoms. The van der Waals surface area contributed by atoms with E-state index < -0.39 is 41.2 Å². The fourth-order valence-electron chi connectivity index (χ4n) is 4.54. The first-order valence-electron chi connectivity index (χ1n) is 11.6. The van der Waals surface area contributed by atoms with Gasteiger partial charge in [-0.2, -0.15) is 13.2 Å². The Morgan fingerprint density at radius 2 is 1.74 bits per heavy atom. The predicted octanol–water partition coefficient (Wildman–Crippen LogP) is 6.69. The molecule has 0 unspecified atom stereocenters. The van der Waals surface area contributed by atoms with Crippen LogP contribution in [-0.4, -0.2) is 35.3 Å². The van der Waals surface area contributed by atoms with Crippen molar-refractivity contribution >= 4 is 22.5 Å². The number of rotatable bonds is 3. The lowest BCUT2D eigenvalue weighted by atomic mass is 9.96. The summed E-state index contributed by atoms with van der Waals surface area (Å²) in [5.41, 5.74) is 4.32. The topological polar surface area (TPSA) is 59.4 Å². The summed E-state index contributed by atoms with van der Waals surface area (Å²) in [6.07, 6.45) is -5.79. The quantitative estimate of drug-likeness (QED) is 0.238. The normalized spacial score (nSPS) is 18.0. The van der Waals surface area contributed by atoms with E-state index in [0.29, 0.717) is 13.0 Å². The Bertz CT molecular complexity index is 1580. The third kappa shape index (κ3) is 4.63. The zero-order chi connectivity index (χ0) is 27.2. The van der Waals surface area contributed by atoms with E-state index in [2.05, 4.69) is 14.8 Å². The molecule has 11 heteroatoms. The second-order valence-corrected chi connectivity index (χ2v) is 8.96. The minimum atomic E-state index is -4.81. The van der Waals surface area contributed by atoms with Crippen molar-refractivity contribution in [2.24, 2.45) is 5.73 Å². The third-order valence-electron chi connectivity index (χ3n) is 6.51. The van der Waals surface area contributed by atoms with Gasteiger partial charge in [0.05, 0.1) is 29.9 Å². The van der Waals surface area contributed by atoms with Crippen molar-refractivity contribution in [2.75, 3.05) is 18.0 Å². The lowest BCUT2D eigenvalue weighted by Gasteiger charge is -2.33. The second kappa shape index (κ2) is 9.61. The number of nitrogens with zero attached hydrogens (tertiary/aromatic N) is 4. The molecule has 0 saturated carbocycles. The summed E-state index contributed by atoms with van der Waals surface area (Å²) in [5, 5.41) is 0.225. The van der Waals surface area contributed by atoms with Gasteiger partial charge in [0.25, 0.3) is 0 Å². The Morgan fingerprint density at radius 3 is 2.42 bits per heavy atom. The molecule has 2 atom stereocenters. The molecule has 4 aromatic rings. The predicted molar refractivity (Wildman–Crippen MR) is 131 cm³/mol. The van der Waals surface area contributed by atoms with Crippen molar-refractivity contribution in [3.8, 4) is 22.4 Å². The number of aromatic nitrogens is 2. The summed E-state index contributed by atoms with van der Waals surface area (Å²) in [4.78, 5) is 13.7. The maximum atomic E-state index is 14.7. The zero-order valence-corrected chi connectivity index (χ0v) is 19.6. The van der Waals surface area contributed by atoms with E-state index in [4.69, 9.17) is 12.3 Å². The molecule has 2 heterocycles. The number of halogens is 6. The molecular formula is C27H19F6N5. The Morgan fingerprint density at radius 1 is 0.974 bits per heavy atom. The summed E-state index contributed by atoms with van der Waals surface area (Å²) in [5.74, 6) is -1.75. The molecule has 2 N–H and O–H groups in total. The number of hydrogen-bond acceptors (Lipinski definition) is 4. The van der Waals surface area contributed by atoms with E-state index in [1.165, 1.54) is 30.3 Å². The number of piperidine rings is 1. The van der Waals surface area contributed by atoms with Crippen LogP contribution < -0.4 is 10.6 Å². The minimum Gasteiger partial charge on any atom is -0.338 e. The average Bonchev–Trinajstić information content (AvgIpc) is 2.88. The average molecular weight is 527 g/mol. The first-order valence-corrected chi connectivity index (χ1v) is 11.6. The van der Waals surface area contributed by atoms with Gasteiger partial charge in [0.15, 0.2) is 0 Å². The molecule has 1 aliphatic heterocycles. The molecule has 1 saturated heterocycles. The van der Waals surface area contributed by atoms with Gasteiger partial charge >= 0.3 is 6.18 Å². The Balaban J connectivity index is 1.74. The van der Waals surface area contributed by atoms with Gasteiger partial charge in [-0.05, 0) is 42.3 Å². The van der Waals surface area contributed by atoms with Gasteiger partial charge < -0.3 is 10.6 Å². The van der Waals surface area contributed by atoms with Crippen LogP contribution in [0.4, 0.5) is 38.0 Å². The van der Waals surface area contributed by atoms with Crippen LogP contribution in [0.3, 0.4) is 0 Å². The van der Waals surface area contributed by atoms with Crippen LogP contribution in [0.5, 0.6) is 0 Å². The molecule has 5 rings (SSSR count). The molecule has 0 bridgehead atoms. The molecule has 0 amide bonds. The van der Waals surface area contributed by atoms with Crippen molar-refractivity contribution in [2.45, 2.75) is 24.8 Å². The molecule has 38 heavy (non-hydrogen) atoms. The Labute approximate surface area is 213 Å². The standard InChI is InChI=1S/C27H19F6N5/c1-35-23-8-6-15(12-19(23)29)25-16-11-14(24-17(27(31,32)33)3-2-4-18(24)28)5-7-22(16)36-26(37-25)38-10-9-21(34)20(30)13-38/h2-8,11-12,20-21H,9-10,13,34H2/t20-,21-/m1/s1. The molecular weight excluding hydrogens is 508 g/mol. The smallest absolute Gasteiger partial charge is 0.338 e. The molecule has 5 nitrogen and oxygen atoms in total. The monoisotopic (exact) mass is 527 g/mol. The van der Waals surface area contributed by atoms with Crippen LogP contribution in [0.15, 0.2) is 54.6 Å². The Hall–Kier alpha value is -4.17. The number of hydrogen-bond donors (Lipinski definition) is 1. The van der Waals surface area contributed by atoms with Crippen LogP contribution in [0.1, 0.15) is 12.0 Å². The van der Waals surface area contributed by atoms with Gasteiger partial charge in [0, 0.05) is 29.1 Å². The highest BCUT2D eigenvalue weighted by Crippen LogP contribution is 2.40. The SMILES string of the molecule is [C-]#[N+]c1ccc(-c2nc(N3CC[C@@H](N)[C@H](F)C3)nc3ccc(-c4c(F)cccc4C(F)(F)F)cc23)cc1F. The highest BCUT2D eigenvalue weighted by Gasteiger charge is 2.35. The molecule has 1 aromatic heterocycles. The van der Waals surface area contributed by atoms with Crippen molar-refractivity contribution in [1.82, 2.24) is 9.97 Å². The largest absolute Gasteiger partial charge is 0.417 e. The second-order valence-electron chi connectivity index (χ2n) is 8.96. The van der Waals surface area contributed by atoms with E-state index >= 15 is 0 Å². The van der Waals surface area contributed by atoms with Crippen LogP contribution in [-0.2, 0) is 6.18 Å². The van der Waals surface area contributed by atoms with Gasteiger partial charge in [0.1, 0.15) is 17.8 Å². The van der Waals surface area contributed by atoms with Gasteiger partial charge in [-0.15, -0.1) is 0 Å². The maximum Gasteiger partial charge on any atom is 0.417 e. The fraction of sp³-hybridized carbons (Fsp3) is 0.222. The highest BCUT2D eigenvalue weighted by atomic mass is 19.4. The Kier molecular flexibility index (Phi) is 6.44. The lowest BCUT2D eigenvalue weighted by molar-refractivity contribution is -0.137. The number of alkyl halides is 4. The summed E-state index contributed by atoms with van der Waals surface area (Å²) >= 11 is 0. The van der Waals surface area contributed by atoms with Crippen molar-refractivity contribution in [1.29, 1.82) is 0 Å². The highest BCUT2D eigenvalue weighted by molar-refractivity contribution is 5.96. The fourth-order valence-corrected chi connectivity index (χ4v) is 4.54. The van der Waals surface area contributed by atoms with Crippen LogP contribution >= 0.6 is 0 Å². The first-order chi connectivity index (χ1) is 18.1. The van der Waals surface area contributed by atoms with E-state index in [1.807, 2.05) is 0 Å². The van der Waals surface area contributed by atoms with Gasteiger partial charge in [0.2, 0.25) is 11.6 Å². The molecule has 3 aromatic carbocycles. The molecule has 194 valence electrons. The summed E-state index contributed by atoms with van der Waals surface area (Å²) in [6.45, 7) is 7.38. The van der Waals surface area contributed by atoms with Gasteiger partial charge in [-0.3, -0.25) is 0 Å². The summed E-state index contributed by atoms with van der Waals surface area (Å²) in [7, 11) is 0. The van der Waals surface area contributed by atoms with Crippen LogP contribution in [0.25, 0.3) is 38.1 Å². The van der Waals surface area contributed by atoms with E-state index in [9.17, 15) is 26.3 Å². The van der Waals surface area contributed by atoms with E-state index in [0.717, 1.165) is 24.3 Å². The van der Waals surface area contributed by atoms with Crippen molar-refractivity contribution < 1.29 is 26.3 Å². The molecule has 0 radical (unpaired) electrons. The number of nitrogens with two attached hydrogens (primary N) is 1.